The predicted octanol–water partition coefficient (Wildman–Crippen LogP) is 5.37. The average molecular weight is 281 g/mol. The van der Waals surface area contributed by atoms with Gasteiger partial charge in [-0.05, 0) is 32.1 Å². The standard InChI is InChI=1S/C18H35NO/c1-3-5-6-7-8-9-10-11-12-13-14-16-17(15-4-2)18(19)20/h5-6,17H,3-4,7-16H2,1-2H3,(H2,19,20). The molecule has 0 radical (unpaired) electrons. The zero-order chi connectivity index (χ0) is 15.1. The molecule has 0 saturated heterocycles. The molecule has 0 heterocycles. The first-order valence-electron chi connectivity index (χ1n) is 8.66. The van der Waals surface area contributed by atoms with E-state index in [2.05, 4.69) is 26.0 Å². The van der Waals surface area contributed by atoms with Gasteiger partial charge in [-0.15, -0.1) is 0 Å². The Morgan fingerprint density at radius 3 is 2.05 bits per heavy atom. The highest BCUT2D eigenvalue weighted by Crippen LogP contribution is 2.16. The van der Waals surface area contributed by atoms with Gasteiger partial charge in [0.05, 0.1) is 0 Å². The van der Waals surface area contributed by atoms with Gasteiger partial charge < -0.3 is 5.73 Å². The minimum atomic E-state index is -0.105. The van der Waals surface area contributed by atoms with Gasteiger partial charge in [0.2, 0.25) is 5.91 Å². The molecule has 2 nitrogen and oxygen atoms in total. The van der Waals surface area contributed by atoms with Crippen LogP contribution in [0.4, 0.5) is 0 Å². The Hall–Kier alpha value is -0.790. The lowest BCUT2D eigenvalue weighted by Crippen LogP contribution is -2.23. The van der Waals surface area contributed by atoms with Gasteiger partial charge in [0, 0.05) is 5.92 Å². The van der Waals surface area contributed by atoms with Gasteiger partial charge >= 0.3 is 0 Å². The summed E-state index contributed by atoms with van der Waals surface area (Å²) in [6, 6.07) is 0. The van der Waals surface area contributed by atoms with Gasteiger partial charge in [-0.25, -0.2) is 0 Å². The first-order chi connectivity index (χ1) is 9.72. The zero-order valence-corrected chi connectivity index (χ0v) is 13.7. The van der Waals surface area contributed by atoms with Gasteiger partial charge in [-0.3, -0.25) is 4.79 Å². The fourth-order valence-corrected chi connectivity index (χ4v) is 2.60. The normalized spacial score (nSPS) is 12.9. The summed E-state index contributed by atoms with van der Waals surface area (Å²) in [5.41, 5.74) is 5.41. The summed E-state index contributed by atoms with van der Waals surface area (Å²) in [4.78, 5) is 11.2. The van der Waals surface area contributed by atoms with E-state index in [4.69, 9.17) is 5.73 Å². The van der Waals surface area contributed by atoms with E-state index < -0.39 is 0 Å². The van der Waals surface area contributed by atoms with Gasteiger partial charge in [-0.2, -0.15) is 0 Å². The fraction of sp³-hybridized carbons (Fsp3) is 0.833. The third-order valence-corrected chi connectivity index (χ3v) is 3.87. The highest BCUT2D eigenvalue weighted by molar-refractivity contribution is 5.76. The molecular formula is C18H35NO. The van der Waals surface area contributed by atoms with Crippen LogP contribution in [0.2, 0.25) is 0 Å². The topological polar surface area (TPSA) is 43.1 Å². The first-order valence-corrected chi connectivity index (χ1v) is 8.66. The number of carbonyl (C=O) groups excluding carboxylic acids is 1. The highest BCUT2D eigenvalue weighted by atomic mass is 16.1. The number of primary amides is 1. The Labute approximate surface area is 126 Å². The lowest BCUT2D eigenvalue weighted by atomic mass is 9.95. The Balaban J connectivity index is 3.31. The molecule has 1 amide bonds. The lowest BCUT2D eigenvalue weighted by molar-refractivity contribution is -0.122. The second kappa shape index (κ2) is 14.6. The molecule has 2 N–H and O–H groups in total. The van der Waals surface area contributed by atoms with Crippen molar-refractivity contribution in [2.45, 2.75) is 90.9 Å². The number of nitrogens with two attached hydrogens (primary N) is 1. The van der Waals surface area contributed by atoms with Crippen molar-refractivity contribution >= 4 is 5.91 Å². The average Bonchev–Trinajstić information content (AvgIpc) is 2.43. The second-order valence-electron chi connectivity index (χ2n) is 5.82. The molecule has 0 aromatic rings. The molecule has 1 unspecified atom stereocenters. The molecule has 0 aromatic heterocycles. The molecule has 0 aliphatic heterocycles. The van der Waals surface area contributed by atoms with Crippen LogP contribution < -0.4 is 5.73 Å². The lowest BCUT2D eigenvalue weighted by Gasteiger charge is -2.11. The van der Waals surface area contributed by atoms with E-state index in [9.17, 15) is 4.79 Å². The van der Waals surface area contributed by atoms with Crippen LogP contribution in [0.25, 0.3) is 0 Å². The van der Waals surface area contributed by atoms with Crippen molar-refractivity contribution in [3.8, 4) is 0 Å². The van der Waals surface area contributed by atoms with Crippen LogP contribution in [0.15, 0.2) is 12.2 Å². The monoisotopic (exact) mass is 281 g/mol. The molecule has 0 aromatic carbocycles. The van der Waals surface area contributed by atoms with Crippen LogP contribution in [-0.4, -0.2) is 5.91 Å². The summed E-state index contributed by atoms with van der Waals surface area (Å²) in [7, 11) is 0. The van der Waals surface area contributed by atoms with Crippen molar-refractivity contribution < 1.29 is 4.79 Å². The summed E-state index contributed by atoms with van der Waals surface area (Å²) >= 11 is 0. The Kier molecular flexibility index (Phi) is 14.0. The van der Waals surface area contributed by atoms with Crippen molar-refractivity contribution in [3.63, 3.8) is 0 Å². The number of carbonyl (C=O) groups is 1. The van der Waals surface area contributed by atoms with Crippen LogP contribution in [-0.2, 0) is 4.79 Å². The predicted molar refractivity (Wildman–Crippen MR) is 88.6 cm³/mol. The van der Waals surface area contributed by atoms with Gasteiger partial charge in [0.25, 0.3) is 0 Å². The van der Waals surface area contributed by atoms with E-state index in [1.165, 1.54) is 44.9 Å². The molecule has 118 valence electrons. The molecule has 0 spiro atoms. The molecule has 0 aliphatic rings. The highest BCUT2D eigenvalue weighted by Gasteiger charge is 2.12. The summed E-state index contributed by atoms with van der Waals surface area (Å²) < 4.78 is 0. The van der Waals surface area contributed by atoms with Gasteiger partial charge in [0.15, 0.2) is 0 Å². The summed E-state index contributed by atoms with van der Waals surface area (Å²) in [5, 5.41) is 0. The minimum absolute atomic E-state index is 0.105. The third-order valence-electron chi connectivity index (χ3n) is 3.87. The molecule has 20 heavy (non-hydrogen) atoms. The molecular weight excluding hydrogens is 246 g/mol. The Bertz CT molecular complexity index is 248. The number of rotatable bonds is 14. The molecule has 0 saturated carbocycles. The number of amides is 1. The second-order valence-corrected chi connectivity index (χ2v) is 5.82. The van der Waals surface area contributed by atoms with E-state index in [0.717, 1.165) is 32.1 Å². The smallest absolute Gasteiger partial charge is 0.220 e. The summed E-state index contributed by atoms with van der Waals surface area (Å²) in [6.45, 7) is 4.30. The van der Waals surface area contributed by atoms with E-state index in [-0.39, 0.29) is 11.8 Å². The summed E-state index contributed by atoms with van der Waals surface area (Å²) in [5.74, 6) is 0.0114. The zero-order valence-electron chi connectivity index (χ0n) is 13.7. The van der Waals surface area contributed by atoms with E-state index in [0.29, 0.717) is 0 Å². The van der Waals surface area contributed by atoms with Gasteiger partial charge in [-0.1, -0.05) is 70.9 Å². The molecule has 0 fully saturated rings. The van der Waals surface area contributed by atoms with Crippen LogP contribution in [0, 0.1) is 5.92 Å². The molecule has 0 rings (SSSR count). The Morgan fingerprint density at radius 1 is 0.900 bits per heavy atom. The van der Waals surface area contributed by atoms with Crippen molar-refractivity contribution in [2.75, 3.05) is 0 Å². The Morgan fingerprint density at radius 2 is 1.50 bits per heavy atom. The van der Waals surface area contributed by atoms with Crippen LogP contribution >= 0.6 is 0 Å². The van der Waals surface area contributed by atoms with Crippen molar-refractivity contribution in [1.82, 2.24) is 0 Å². The number of hydrogen-bond donors (Lipinski definition) is 1. The molecule has 0 bridgehead atoms. The third kappa shape index (κ3) is 12.3. The molecule has 1 atom stereocenters. The summed E-state index contributed by atoms with van der Waals surface area (Å²) in [6.07, 6.45) is 19.1. The maximum absolute atomic E-state index is 11.2. The van der Waals surface area contributed by atoms with E-state index in [1.54, 1.807) is 0 Å². The van der Waals surface area contributed by atoms with Crippen molar-refractivity contribution in [1.29, 1.82) is 0 Å². The van der Waals surface area contributed by atoms with E-state index in [1.807, 2.05) is 0 Å². The largest absolute Gasteiger partial charge is 0.369 e. The van der Waals surface area contributed by atoms with Crippen molar-refractivity contribution in [2.24, 2.45) is 11.7 Å². The van der Waals surface area contributed by atoms with E-state index >= 15 is 0 Å². The molecule has 0 aliphatic carbocycles. The molecule has 2 heteroatoms. The van der Waals surface area contributed by atoms with Crippen LogP contribution in [0.3, 0.4) is 0 Å². The van der Waals surface area contributed by atoms with Gasteiger partial charge in [0.1, 0.15) is 0 Å². The van der Waals surface area contributed by atoms with Crippen molar-refractivity contribution in [3.05, 3.63) is 12.2 Å². The SMILES string of the molecule is CCC=CCCCCCCCCCC(CCC)C(N)=O. The quantitative estimate of drug-likeness (QED) is 0.338. The number of unbranched alkanes of at least 4 members (excludes halogenated alkanes) is 7. The minimum Gasteiger partial charge on any atom is -0.369 e. The first kappa shape index (κ1) is 19.2. The van der Waals surface area contributed by atoms with Crippen LogP contribution in [0.1, 0.15) is 90.9 Å². The number of hydrogen-bond acceptors (Lipinski definition) is 1. The van der Waals surface area contributed by atoms with Crippen LogP contribution in [0.5, 0.6) is 0 Å². The fourth-order valence-electron chi connectivity index (χ4n) is 2.60. The maximum atomic E-state index is 11.2. The maximum Gasteiger partial charge on any atom is 0.220 e. The number of allylic oxidation sites excluding steroid dienone is 2.